The monoisotopic (exact) mass is 506 g/mol. The summed E-state index contributed by atoms with van der Waals surface area (Å²) in [4.78, 5) is 32.8. The Morgan fingerprint density at radius 3 is 2.66 bits per heavy atom. The standard InChI is InChI=1S/C29H30N8O/c38-29(18-7-2-3-8-18)31-20-15-19(16-30-17-20)21-11-12-23-26(32-21)27(36-35-23)28-33-22-9-6-10-24(25(22)34-28)37-13-4-1-5-14-37/h6,9-12,15-18H,1-5,7-8,13-14H2,(H,31,38)(H,33,34)(H,35,36). The van der Waals surface area contributed by atoms with E-state index >= 15 is 0 Å². The molecule has 0 spiro atoms. The number of para-hydroxylation sites is 1. The molecule has 1 aromatic carbocycles. The topological polar surface area (TPSA) is 115 Å². The van der Waals surface area contributed by atoms with Crippen LogP contribution in [0.4, 0.5) is 11.4 Å². The van der Waals surface area contributed by atoms with Crippen LogP contribution in [0.3, 0.4) is 0 Å². The first-order valence-corrected chi connectivity index (χ1v) is 13.6. The number of nitrogens with one attached hydrogen (secondary N) is 3. The van der Waals surface area contributed by atoms with Crippen LogP contribution < -0.4 is 10.2 Å². The normalized spacial score (nSPS) is 16.5. The first-order chi connectivity index (χ1) is 18.7. The van der Waals surface area contributed by atoms with Gasteiger partial charge in [-0.15, -0.1) is 0 Å². The van der Waals surface area contributed by atoms with Gasteiger partial charge in [0, 0.05) is 30.8 Å². The van der Waals surface area contributed by atoms with E-state index in [0.717, 1.165) is 72.1 Å². The fourth-order valence-corrected chi connectivity index (χ4v) is 5.82. The molecule has 5 aromatic rings. The van der Waals surface area contributed by atoms with Gasteiger partial charge in [-0.2, -0.15) is 5.10 Å². The molecule has 5 heterocycles. The van der Waals surface area contributed by atoms with Crippen LogP contribution in [0.5, 0.6) is 0 Å². The number of pyridine rings is 2. The zero-order valence-electron chi connectivity index (χ0n) is 21.2. The number of aromatic nitrogens is 6. The van der Waals surface area contributed by atoms with Gasteiger partial charge in [0.25, 0.3) is 0 Å². The summed E-state index contributed by atoms with van der Waals surface area (Å²) in [6, 6.07) is 12.1. The lowest BCUT2D eigenvalue weighted by Crippen LogP contribution is -2.29. The van der Waals surface area contributed by atoms with E-state index in [4.69, 9.17) is 9.97 Å². The molecule has 1 saturated carbocycles. The van der Waals surface area contributed by atoms with Crippen LogP contribution in [0.25, 0.3) is 44.8 Å². The third kappa shape index (κ3) is 4.17. The second kappa shape index (κ2) is 9.55. The summed E-state index contributed by atoms with van der Waals surface area (Å²) in [5.74, 6) is 0.868. The Hall–Kier alpha value is -4.27. The maximum absolute atomic E-state index is 12.6. The molecule has 0 atom stereocenters. The van der Waals surface area contributed by atoms with Crippen molar-refractivity contribution in [3.63, 3.8) is 0 Å². The number of rotatable bonds is 5. The highest BCUT2D eigenvalue weighted by atomic mass is 16.1. The van der Waals surface area contributed by atoms with Crippen molar-refractivity contribution >= 4 is 39.3 Å². The molecule has 38 heavy (non-hydrogen) atoms. The highest BCUT2D eigenvalue weighted by Gasteiger charge is 2.23. The van der Waals surface area contributed by atoms with Gasteiger partial charge in [-0.25, -0.2) is 9.97 Å². The molecule has 2 aliphatic rings. The molecule has 1 amide bonds. The summed E-state index contributed by atoms with van der Waals surface area (Å²) >= 11 is 0. The maximum Gasteiger partial charge on any atom is 0.227 e. The number of carbonyl (C=O) groups excluding carboxylic acids is 1. The van der Waals surface area contributed by atoms with Crippen LogP contribution in [-0.2, 0) is 4.79 Å². The van der Waals surface area contributed by atoms with Crippen LogP contribution in [-0.4, -0.2) is 49.1 Å². The third-order valence-electron chi connectivity index (χ3n) is 7.85. The van der Waals surface area contributed by atoms with Gasteiger partial charge in [-0.05, 0) is 62.4 Å². The molecule has 4 aromatic heterocycles. The van der Waals surface area contributed by atoms with Crippen LogP contribution in [0.1, 0.15) is 44.9 Å². The van der Waals surface area contributed by atoms with Crippen molar-refractivity contribution in [2.75, 3.05) is 23.3 Å². The number of anilines is 2. The van der Waals surface area contributed by atoms with Gasteiger partial charge in [-0.1, -0.05) is 18.9 Å². The van der Waals surface area contributed by atoms with Gasteiger partial charge >= 0.3 is 0 Å². The van der Waals surface area contributed by atoms with E-state index in [1.807, 2.05) is 18.2 Å². The van der Waals surface area contributed by atoms with Crippen molar-refractivity contribution in [2.45, 2.75) is 44.9 Å². The Balaban J connectivity index is 1.22. The quantitative estimate of drug-likeness (QED) is 0.282. The predicted octanol–water partition coefficient (Wildman–Crippen LogP) is 5.68. The molecule has 2 fully saturated rings. The molecule has 1 aliphatic heterocycles. The highest BCUT2D eigenvalue weighted by molar-refractivity contribution is 5.95. The molecule has 9 heteroatoms. The average Bonchev–Trinajstić information content (AvgIpc) is 3.73. The van der Waals surface area contributed by atoms with Gasteiger partial charge in [0.1, 0.15) is 11.0 Å². The molecular weight excluding hydrogens is 476 g/mol. The number of benzene rings is 1. The van der Waals surface area contributed by atoms with Gasteiger partial charge in [0.15, 0.2) is 11.5 Å². The second-order valence-corrected chi connectivity index (χ2v) is 10.4. The van der Waals surface area contributed by atoms with Crippen LogP contribution >= 0.6 is 0 Å². The fourth-order valence-electron chi connectivity index (χ4n) is 5.82. The van der Waals surface area contributed by atoms with Crippen molar-refractivity contribution in [3.8, 4) is 22.8 Å². The Labute approximate surface area is 220 Å². The van der Waals surface area contributed by atoms with E-state index in [-0.39, 0.29) is 11.8 Å². The van der Waals surface area contributed by atoms with Crippen molar-refractivity contribution in [2.24, 2.45) is 5.92 Å². The van der Waals surface area contributed by atoms with E-state index < -0.39 is 0 Å². The Morgan fingerprint density at radius 1 is 0.921 bits per heavy atom. The minimum Gasteiger partial charge on any atom is -0.370 e. The number of H-pyrrole nitrogens is 2. The summed E-state index contributed by atoms with van der Waals surface area (Å²) in [5, 5.41) is 10.7. The Kier molecular flexibility index (Phi) is 5.76. The zero-order valence-corrected chi connectivity index (χ0v) is 21.2. The number of carbonyl (C=O) groups is 1. The van der Waals surface area contributed by atoms with Crippen LogP contribution in [0, 0.1) is 5.92 Å². The van der Waals surface area contributed by atoms with Gasteiger partial charge in [0.2, 0.25) is 5.91 Å². The molecule has 0 radical (unpaired) electrons. The van der Waals surface area contributed by atoms with Gasteiger partial charge in [0.05, 0.1) is 34.3 Å². The molecular formula is C29H30N8O. The minimum atomic E-state index is 0.0794. The number of amides is 1. The molecule has 192 valence electrons. The van der Waals surface area contributed by atoms with Crippen LogP contribution in [0.15, 0.2) is 48.8 Å². The van der Waals surface area contributed by atoms with E-state index in [2.05, 4.69) is 48.6 Å². The number of hydrogen-bond acceptors (Lipinski definition) is 6. The first-order valence-electron chi connectivity index (χ1n) is 13.6. The molecule has 1 aliphatic carbocycles. The predicted molar refractivity (Wildman–Crippen MR) is 149 cm³/mol. The summed E-state index contributed by atoms with van der Waals surface area (Å²) in [6.07, 6.45) is 11.3. The average molecular weight is 507 g/mol. The largest absolute Gasteiger partial charge is 0.370 e. The van der Waals surface area contributed by atoms with Gasteiger partial charge < -0.3 is 15.2 Å². The van der Waals surface area contributed by atoms with E-state index in [1.54, 1.807) is 12.4 Å². The molecule has 1 saturated heterocycles. The number of fused-ring (bicyclic) bond motifs is 2. The van der Waals surface area contributed by atoms with E-state index in [0.29, 0.717) is 17.2 Å². The van der Waals surface area contributed by atoms with E-state index in [1.165, 1.54) is 24.9 Å². The number of imidazole rings is 1. The lowest BCUT2D eigenvalue weighted by molar-refractivity contribution is -0.119. The first kappa shape index (κ1) is 22.9. The molecule has 0 bridgehead atoms. The third-order valence-corrected chi connectivity index (χ3v) is 7.85. The van der Waals surface area contributed by atoms with Crippen LogP contribution in [0.2, 0.25) is 0 Å². The zero-order chi connectivity index (χ0) is 25.5. The summed E-state index contributed by atoms with van der Waals surface area (Å²) in [5.41, 5.74) is 7.66. The van der Waals surface area contributed by atoms with Crippen molar-refractivity contribution < 1.29 is 4.79 Å². The lowest BCUT2D eigenvalue weighted by Gasteiger charge is -2.28. The number of nitrogens with zero attached hydrogens (tertiary/aromatic N) is 5. The smallest absolute Gasteiger partial charge is 0.227 e. The Bertz CT molecular complexity index is 1620. The maximum atomic E-state index is 12.6. The highest BCUT2D eigenvalue weighted by Crippen LogP contribution is 2.32. The summed E-state index contributed by atoms with van der Waals surface area (Å²) in [6.45, 7) is 2.12. The Morgan fingerprint density at radius 2 is 1.79 bits per heavy atom. The number of hydrogen-bond donors (Lipinski definition) is 3. The molecule has 7 rings (SSSR count). The van der Waals surface area contributed by atoms with Crippen molar-refractivity contribution in [1.82, 2.24) is 30.1 Å². The number of aromatic amines is 2. The fraction of sp³-hybridized carbons (Fsp3) is 0.345. The summed E-state index contributed by atoms with van der Waals surface area (Å²) in [7, 11) is 0. The molecule has 9 nitrogen and oxygen atoms in total. The number of piperidine rings is 1. The van der Waals surface area contributed by atoms with Gasteiger partial charge in [-0.3, -0.25) is 14.9 Å². The SMILES string of the molecule is O=C(Nc1cncc(-c2ccc3[nH]nc(-c4nc5c(N6CCCCC6)cccc5[nH]4)c3n2)c1)C1CCCC1. The molecule has 0 unspecified atom stereocenters. The minimum absolute atomic E-state index is 0.0794. The van der Waals surface area contributed by atoms with Crippen molar-refractivity contribution in [3.05, 3.63) is 48.8 Å². The summed E-state index contributed by atoms with van der Waals surface area (Å²) < 4.78 is 0. The van der Waals surface area contributed by atoms with E-state index in [9.17, 15) is 4.79 Å². The lowest BCUT2D eigenvalue weighted by atomic mass is 10.1. The molecule has 3 N–H and O–H groups in total. The second-order valence-electron chi connectivity index (χ2n) is 10.4. The van der Waals surface area contributed by atoms with Crippen molar-refractivity contribution in [1.29, 1.82) is 0 Å².